The summed E-state index contributed by atoms with van der Waals surface area (Å²) >= 11 is 0. The van der Waals surface area contributed by atoms with Gasteiger partial charge in [0.25, 0.3) is 5.91 Å². The molecule has 0 saturated heterocycles. The first-order valence-electron chi connectivity index (χ1n) is 7.46. The van der Waals surface area contributed by atoms with Crippen molar-refractivity contribution in [3.05, 3.63) is 53.0 Å². The van der Waals surface area contributed by atoms with Crippen LogP contribution in [0.15, 0.2) is 39.9 Å². The van der Waals surface area contributed by atoms with Crippen molar-refractivity contribution in [2.45, 2.75) is 13.8 Å². The van der Waals surface area contributed by atoms with Crippen molar-refractivity contribution >= 4 is 18.0 Å². The zero-order valence-corrected chi connectivity index (χ0v) is 13.4. The summed E-state index contributed by atoms with van der Waals surface area (Å²) in [4.78, 5) is 13.9. The number of carbonyl (C=O) groups is 1. The normalized spacial score (nSPS) is 10.6. The summed E-state index contributed by atoms with van der Waals surface area (Å²) in [5, 5.41) is 12.4. The van der Waals surface area contributed by atoms with Gasteiger partial charge in [-0.25, -0.2) is 9.82 Å². The van der Waals surface area contributed by atoms with Crippen molar-refractivity contribution in [3.8, 4) is 6.07 Å². The van der Waals surface area contributed by atoms with E-state index in [4.69, 9.17) is 9.68 Å². The SMILES string of the molecule is CCN(CC)c1ccc(C=NNC(=O)c2ccc(C#N)cc2F)o1. The first-order valence-corrected chi connectivity index (χ1v) is 7.46. The van der Waals surface area contributed by atoms with Crippen LogP contribution in [0.2, 0.25) is 0 Å². The van der Waals surface area contributed by atoms with Gasteiger partial charge in [0.05, 0.1) is 23.4 Å². The predicted octanol–water partition coefficient (Wildman–Crippen LogP) is 2.90. The third-order valence-corrected chi connectivity index (χ3v) is 3.39. The maximum Gasteiger partial charge on any atom is 0.274 e. The monoisotopic (exact) mass is 328 g/mol. The lowest BCUT2D eigenvalue weighted by molar-refractivity contribution is 0.0951. The maximum absolute atomic E-state index is 13.7. The highest BCUT2D eigenvalue weighted by Gasteiger charge is 2.11. The highest BCUT2D eigenvalue weighted by atomic mass is 19.1. The number of nitrogens with one attached hydrogen (secondary N) is 1. The Bertz CT molecular complexity index is 788. The molecule has 0 fully saturated rings. The minimum absolute atomic E-state index is 0.145. The molecule has 1 amide bonds. The van der Waals surface area contributed by atoms with Gasteiger partial charge in [-0.05, 0) is 38.1 Å². The van der Waals surface area contributed by atoms with Crippen LogP contribution in [0.3, 0.4) is 0 Å². The standard InChI is InChI=1S/C17H17FN4O2/c1-3-22(4-2)16-8-6-13(24-16)11-20-21-17(23)14-7-5-12(10-19)9-15(14)18/h5-9,11H,3-4H2,1-2H3,(H,21,23). The molecule has 124 valence electrons. The Labute approximate surface area is 139 Å². The molecule has 7 heteroatoms. The Balaban J connectivity index is 2.01. The average molecular weight is 328 g/mol. The molecule has 2 rings (SSSR count). The molecule has 24 heavy (non-hydrogen) atoms. The number of halogens is 1. The van der Waals surface area contributed by atoms with Crippen LogP contribution in [0, 0.1) is 17.1 Å². The zero-order valence-electron chi connectivity index (χ0n) is 13.4. The van der Waals surface area contributed by atoms with E-state index in [1.807, 2.05) is 24.8 Å². The van der Waals surface area contributed by atoms with E-state index in [1.165, 1.54) is 18.3 Å². The molecule has 0 aliphatic rings. The highest BCUT2D eigenvalue weighted by Crippen LogP contribution is 2.17. The molecular formula is C17H17FN4O2. The lowest BCUT2D eigenvalue weighted by Gasteiger charge is -2.16. The van der Waals surface area contributed by atoms with Gasteiger partial charge in [0.2, 0.25) is 0 Å². The molecule has 0 radical (unpaired) electrons. The lowest BCUT2D eigenvalue weighted by Crippen LogP contribution is -2.21. The van der Waals surface area contributed by atoms with E-state index >= 15 is 0 Å². The second kappa shape index (κ2) is 7.92. The van der Waals surface area contributed by atoms with Crippen LogP contribution in [-0.2, 0) is 0 Å². The number of rotatable bonds is 6. The van der Waals surface area contributed by atoms with Crippen LogP contribution < -0.4 is 10.3 Å². The quantitative estimate of drug-likeness (QED) is 0.653. The number of amides is 1. The number of hydrogen-bond acceptors (Lipinski definition) is 5. The first-order chi connectivity index (χ1) is 11.6. The maximum atomic E-state index is 13.7. The third-order valence-electron chi connectivity index (χ3n) is 3.39. The highest BCUT2D eigenvalue weighted by molar-refractivity contribution is 5.95. The molecule has 1 N–H and O–H groups in total. The molecular weight excluding hydrogens is 311 g/mol. The molecule has 1 aromatic heterocycles. The summed E-state index contributed by atoms with van der Waals surface area (Å²) in [6.07, 6.45) is 1.34. The zero-order chi connectivity index (χ0) is 17.5. The topological polar surface area (TPSA) is 81.6 Å². The van der Waals surface area contributed by atoms with E-state index in [-0.39, 0.29) is 11.1 Å². The van der Waals surface area contributed by atoms with Crippen molar-refractivity contribution in [1.82, 2.24) is 5.43 Å². The van der Waals surface area contributed by atoms with Crippen LogP contribution in [0.5, 0.6) is 0 Å². The molecule has 0 aliphatic carbocycles. The van der Waals surface area contributed by atoms with Gasteiger partial charge in [0.15, 0.2) is 5.88 Å². The number of anilines is 1. The van der Waals surface area contributed by atoms with E-state index in [1.54, 1.807) is 12.1 Å². The molecule has 0 unspecified atom stereocenters. The molecule has 0 bridgehead atoms. The minimum Gasteiger partial charge on any atom is -0.440 e. The fraction of sp³-hybridized carbons (Fsp3) is 0.235. The number of carbonyl (C=O) groups excluding carboxylic acids is 1. The molecule has 0 saturated carbocycles. The largest absolute Gasteiger partial charge is 0.440 e. The van der Waals surface area contributed by atoms with E-state index in [0.717, 1.165) is 19.2 Å². The van der Waals surface area contributed by atoms with Crippen LogP contribution in [-0.4, -0.2) is 25.2 Å². The van der Waals surface area contributed by atoms with E-state index in [0.29, 0.717) is 11.6 Å². The van der Waals surface area contributed by atoms with Gasteiger partial charge in [-0.1, -0.05) is 0 Å². The van der Waals surface area contributed by atoms with Crippen LogP contribution in [0.1, 0.15) is 35.5 Å². The molecule has 6 nitrogen and oxygen atoms in total. The average Bonchev–Trinajstić information content (AvgIpc) is 3.04. The Kier molecular flexibility index (Phi) is 5.68. The predicted molar refractivity (Wildman–Crippen MR) is 88.4 cm³/mol. The number of furan rings is 1. The number of benzene rings is 1. The van der Waals surface area contributed by atoms with Crippen LogP contribution in [0.4, 0.5) is 10.3 Å². The minimum atomic E-state index is -0.774. The van der Waals surface area contributed by atoms with E-state index in [2.05, 4.69) is 10.5 Å². The fourth-order valence-corrected chi connectivity index (χ4v) is 2.10. The molecule has 2 aromatic rings. The lowest BCUT2D eigenvalue weighted by atomic mass is 10.1. The van der Waals surface area contributed by atoms with Crippen molar-refractivity contribution in [2.75, 3.05) is 18.0 Å². The molecule has 0 spiro atoms. The van der Waals surface area contributed by atoms with Gasteiger partial charge < -0.3 is 9.32 Å². The van der Waals surface area contributed by atoms with Crippen molar-refractivity contribution < 1.29 is 13.6 Å². The second-order valence-electron chi connectivity index (χ2n) is 4.85. The Morgan fingerprint density at radius 1 is 1.38 bits per heavy atom. The van der Waals surface area contributed by atoms with Crippen LogP contribution >= 0.6 is 0 Å². The number of nitriles is 1. The summed E-state index contributed by atoms with van der Waals surface area (Å²) in [5.74, 6) is -0.296. The Morgan fingerprint density at radius 3 is 2.75 bits per heavy atom. The smallest absolute Gasteiger partial charge is 0.274 e. The summed E-state index contributed by atoms with van der Waals surface area (Å²) in [6.45, 7) is 5.67. The van der Waals surface area contributed by atoms with Crippen LogP contribution in [0.25, 0.3) is 0 Å². The first kappa shape index (κ1) is 17.2. The van der Waals surface area contributed by atoms with E-state index < -0.39 is 11.7 Å². The molecule has 0 atom stereocenters. The van der Waals surface area contributed by atoms with Gasteiger partial charge in [-0.15, -0.1) is 0 Å². The number of hydrogen-bond donors (Lipinski definition) is 1. The third kappa shape index (κ3) is 3.98. The van der Waals surface area contributed by atoms with Gasteiger partial charge in [-0.3, -0.25) is 4.79 Å². The molecule has 1 heterocycles. The van der Waals surface area contributed by atoms with Crippen molar-refractivity contribution in [1.29, 1.82) is 5.26 Å². The second-order valence-corrected chi connectivity index (χ2v) is 4.85. The summed E-state index contributed by atoms with van der Waals surface area (Å²) in [5.41, 5.74) is 2.19. The Hall–Kier alpha value is -3.14. The molecule has 1 aromatic carbocycles. The molecule has 0 aliphatic heterocycles. The van der Waals surface area contributed by atoms with Gasteiger partial charge in [0.1, 0.15) is 11.6 Å². The summed E-state index contributed by atoms with van der Waals surface area (Å²) < 4.78 is 19.3. The van der Waals surface area contributed by atoms with Gasteiger partial charge >= 0.3 is 0 Å². The van der Waals surface area contributed by atoms with E-state index in [9.17, 15) is 9.18 Å². The Morgan fingerprint density at radius 2 is 2.12 bits per heavy atom. The van der Waals surface area contributed by atoms with Gasteiger partial charge in [-0.2, -0.15) is 10.4 Å². The van der Waals surface area contributed by atoms with Crippen molar-refractivity contribution in [2.24, 2.45) is 5.10 Å². The summed E-state index contributed by atoms with van der Waals surface area (Å²) in [6, 6.07) is 8.95. The number of nitrogens with zero attached hydrogens (tertiary/aromatic N) is 3. The fourth-order valence-electron chi connectivity index (χ4n) is 2.10. The van der Waals surface area contributed by atoms with Gasteiger partial charge in [0, 0.05) is 19.2 Å². The van der Waals surface area contributed by atoms with Crippen molar-refractivity contribution in [3.63, 3.8) is 0 Å². The number of hydrazone groups is 1. The summed E-state index contributed by atoms with van der Waals surface area (Å²) in [7, 11) is 0.